The van der Waals surface area contributed by atoms with Crippen molar-refractivity contribution in [3.63, 3.8) is 0 Å². The molecule has 0 aromatic heterocycles. The summed E-state index contributed by atoms with van der Waals surface area (Å²) in [5.74, 6) is -0.0243. The summed E-state index contributed by atoms with van der Waals surface area (Å²) < 4.78 is 20.5. The minimum absolute atomic E-state index is 0. The van der Waals surface area contributed by atoms with E-state index in [1.54, 1.807) is 6.07 Å². The van der Waals surface area contributed by atoms with Crippen LogP contribution in [-0.4, -0.2) is 50.0 Å². The number of hydrogen-bond donors (Lipinski definition) is 0. The van der Waals surface area contributed by atoms with Crippen LogP contribution in [0.2, 0.25) is 0 Å². The van der Waals surface area contributed by atoms with Crippen LogP contribution >= 0.6 is 0 Å². The van der Waals surface area contributed by atoms with Gasteiger partial charge in [-0.3, -0.25) is 0 Å². The van der Waals surface area contributed by atoms with Crippen LogP contribution in [0.4, 0.5) is 0 Å². The molecule has 0 aromatic carbocycles. The molecular weight excluding hydrogens is 149 g/mol. The molecule has 3 nitrogen and oxygen atoms in total. The van der Waals surface area contributed by atoms with Gasteiger partial charge >= 0.3 is 29.6 Å². The molecule has 0 aliphatic rings. The molecule has 48 valence electrons. The van der Waals surface area contributed by atoms with Gasteiger partial charge in [0.25, 0.3) is 0 Å². The predicted octanol–water partition coefficient (Wildman–Crippen LogP) is -0.704. The maximum absolute atomic E-state index is 10.2. The Bertz CT molecular complexity index is 191. The van der Waals surface area contributed by atoms with Gasteiger partial charge in [0, 0.05) is 12.7 Å². The molecule has 0 N–H and O–H groups in total. The second kappa shape index (κ2) is 5.24. The van der Waals surface area contributed by atoms with E-state index < -0.39 is 9.84 Å². The quantitative estimate of drug-likeness (QED) is 0.498. The third-order valence-electron chi connectivity index (χ3n) is 0.585. The van der Waals surface area contributed by atoms with Crippen LogP contribution in [0, 0.1) is 11.3 Å². The molecule has 0 aromatic rings. The molecule has 0 spiro atoms. The Morgan fingerprint density at radius 1 is 1.56 bits per heavy atom. The fourth-order valence-corrected chi connectivity index (χ4v) is 0.693. The van der Waals surface area contributed by atoms with Crippen molar-refractivity contribution in [3.8, 4) is 6.07 Å². The molecule has 0 saturated heterocycles. The molecule has 0 saturated carbocycles. The van der Waals surface area contributed by atoms with Crippen molar-refractivity contribution in [2.75, 3.05) is 12.0 Å². The zero-order valence-electron chi connectivity index (χ0n) is 4.59. The van der Waals surface area contributed by atoms with E-state index in [9.17, 15) is 8.42 Å². The van der Waals surface area contributed by atoms with E-state index in [0.29, 0.717) is 0 Å². The summed E-state index contributed by atoms with van der Waals surface area (Å²) in [6.45, 7) is 0. The first-order valence-corrected chi connectivity index (χ1v) is 4.17. The van der Waals surface area contributed by atoms with Gasteiger partial charge in [0.05, 0.1) is 11.8 Å². The first kappa shape index (κ1) is 12.1. The van der Waals surface area contributed by atoms with Crippen molar-refractivity contribution in [3.05, 3.63) is 0 Å². The molecule has 0 fully saturated rings. The molecule has 0 aliphatic carbocycles. The van der Waals surface area contributed by atoms with E-state index in [1.165, 1.54) is 0 Å². The number of nitriles is 1. The Morgan fingerprint density at radius 3 is 2.11 bits per heavy atom. The van der Waals surface area contributed by atoms with Crippen LogP contribution in [0.15, 0.2) is 0 Å². The van der Waals surface area contributed by atoms with Gasteiger partial charge in [-0.25, -0.2) is 8.42 Å². The summed E-state index contributed by atoms with van der Waals surface area (Å²) in [7, 11) is -2.91. The molecule has 0 atom stereocenters. The Hall–Kier alpha value is 0.440. The minimum atomic E-state index is -2.91. The molecule has 0 rings (SSSR count). The van der Waals surface area contributed by atoms with E-state index in [0.717, 1.165) is 6.26 Å². The Labute approximate surface area is 77.3 Å². The number of nitrogens with zero attached hydrogens (tertiary/aromatic N) is 1. The first-order valence-electron chi connectivity index (χ1n) is 2.11. The van der Waals surface area contributed by atoms with Crippen molar-refractivity contribution in [2.24, 2.45) is 0 Å². The molecule has 5 heteroatoms. The summed E-state index contributed by atoms with van der Waals surface area (Å²) >= 11 is 0. The summed E-state index contributed by atoms with van der Waals surface area (Å²) in [6.07, 6.45) is 1.21. The van der Waals surface area contributed by atoms with Gasteiger partial charge in [-0.15, -0.1) is 0 Å². The molecule has 9 heavy (non-hydrogen) atoms. The van der Waals surface area contributed by atoms with Gasteiger partial charge in [0.2, 0.25) is 0 Å². The number of sulfone groups is 1. The van der Waals surface area contributed by atoms with Gasteiger partial charge in [0.15, 0.2) is 0 Å². The summed E-state index contributed by atoms with van der Waals surface area (Å²) in [5, 5.41) is 7.92. The zero-order valence-corrected chi connectivity index (χ0v) is 5.40. The third-order valence-corrected chi connectivity index (χ3v) is 1.53. The zero-order chi connectivity index (χ0) is 6.62. The Morgan fingerprint density at radius 2 is 2.00 bits per heavy atom. The third kappa shape index (κ3) is 11.8. The van der Waals surface area contributed by atoms with E-state index in [1.807, 2.05) is 0 Å². The Kier molecular flexibility index (Phi) is 7.08. The number of rotatable bonds is 2. The molecule has 0 radical (unpaired) electrons. The van der Waals surface area contributed by atoms with Crippen molar-refractivity contribution in [2.45, 2.75) is 6.42 Å². The van der Waals surface area contributed by atoms with Crippen LogP contribution < -0.4 is 0 Å². The van der Waals surface area contributed by atoms with Gasteiger partial charge in [-0.1, -0.05) is 0 Å². The van der Waals surface area contributed by atoms with E-state index in [4.69, 9.17) is 5.26 Å². The van der Waals surface area contributed by atoms with Crippen molar-refractivity contribution >= 4 is 39.4 Å². The summed E-state index contributed by atoms with van der Waals surface area (Å²) in [4.78, 5) is 0. The van der Waals surface area contributed by atoms with Gasteiger partial charge < -0.3 is 0 Å². The van der Waals surface area contributed by atoms with Gasteiger partial charge in [0.1, 0.15) is 9.84 Å². The van der Waals surface area contributed by atoms with Gasteiger partial charge in [-0.2, -0.15) is 5.26 Å². The average molecular weight is 157 g/mol. The van der Waals surface area contributed by atoms with Crippen molar-refractivity contribution in [1.29, 1.82) is 5.26 Å². The van der Waals surface area contributed by atoms with Gasteiger partial charge in [-0.05, 0) is 0 Å². The Balaban J connectivity index is 0. The SMILES string of the molecule is CS(=O)(=O)CCC#N.[NaH]. The molecule has 0 bridgehead atoms. The summed E-state index contributed by atoms with van der Waals surface area (Å²) in [5.41, 5.74) is 0. The standard InChI is InChI=1S/C4H7NO2S.Na.H/c1-8(6,7)4-2-3-5;;/h2,4H2,1H3;;. The average Bonchev–Trinajstić information content (AvgIpc) is 1.59. The monoisotopic (exact) mass is 157 g/mol. The van der Waals surface area contributed by atoms with E-state index >= 15 is 0 Å². The number of hydrogen-bond acceptors (Lipinski definition) is 3. The topological polar surface area (TPSA) is 57.9 Å². The molecule has 0 amide bonds. The molecule has 0 aliphatic heterocycles. The normalized spacial score (nSPS) is 9.33. The van der Waals surface area contributed by atoms with E-state index in [2.05, 4.69) is 0 Å². The first-order chi connectivity index (χ1) is 3.56. The summed E-state index contributed by atoms with van der Waals surface area (Å²) in [6, 6.07) is 1.75. The van der Waals surface area contributed by atoms with Crippen LogP contribution in [-0.2, 0) is 9.84 Å². The van der Waals surface area contributed by atoms with Crippen LogP contribution in [0.5, 0.6) is 0 Å². The second-order valence-corrected chi connectivity index (χ2v) is 3.80. The fourth-order valence-electron chi connectivity index (χ4n) is 0.231. The molecule has 0 unspecified atom stereocenters. The van der Waals surface area contributed by atoms with Crippen molar-refractivity contribution < 1.29 is 8.42 Å². The van der Waals surface area contributed by atoms with E-state index in [-0.39, 0.29) is 41.7 Å². The second-order valence-electron chi connectivity index (χ2n) is 1.54. The fraction of sp³-hybridized carbons (Fsp3) is 0.750. The molecular formula is C4H8NNaO2S. The maximum atomic E-state index is 10.2. The van der Waals surface area contributed by atoms with Crippen LogP contribution in [0.25, 0.3) is 0 Å². The van der Waals surface area contributed by atoms with Crippen molar-refractivity contribution in [1.82, 2.24) is 0 Å². The molecule has 0 heterocycles. The predicted molar refractivity (Wildman–Crippen MR) is 37.1 cm³/mol. The van der Waals surface area contributed by atoms with Crippen LogP contribution in [0.3, 0.4) is 0 Å². The van der Waals surface area contributed by atoms with Crippen LogP contribution in [0.1, 0.15) is 6.42 Å².